The van der Waals surface area contributed by atoms with Crippen LogP contribution in [0.3, 0.4) is 0 Å². The van der Waals surface area contributed by atoms with Gasteiger partial charge in [0.15, 0.2) is 16.6 Å². The molecule has 11 heteroatoms. The highest BCUT2D eigenvalue weighted by Crippen LogP contribution is 2.39. The van der Waals surface area contributed by atoms with Crippen LogP contribution in [-0.2, 0) is 18.4 Å². The molecule has 7 nitrogen and oxygen atoms in total. The highest BCUT2D eigenvalue weighted by Gasteiger charge is 2.41. The highest BCUT2D eigenvalue weighted by atomic mass is 33.1. The van der Waals surface area contributed by atoms with E-state index in [1.165, 1.54) is 94.1 Å². The van der Waals surface area contributed by atoms with Crippen molar-refractivity contribution in [2.24, 2.45) is 0 Å². The summed E-state index contributed by atoms with van der Waals surface area (Å²) >= 11 is 0. The molecule has 362 valence electrons. The van der Waals surface area contributed by atoms with Gasteiger partial charge in [-0.05, 0) is 87.2 Å². The summed E-state index contributed by atoms with van der Waals surface area (Å²) in [7, 11) is -0.147. The van der Waals surface area contributed by atoms with Crippen molar-refractivity contribution in [2.45, 2.75) is 218 Å². The van der Waals surface area contributed by atoms with E-state index in [-0.39, 0.29) is 28.3 Å². The van der Waals surface area contributed by atoms with Crippen LogP contribution in [0.2, 0.25) is 36.3 Å². The minimum Gasteiger partial charge on any atom is -0.464 e. The van der Waals surface area contributed by atoms with E-state index in [9.17, 15) is 4.79 Å². The first-order chi connectivity index (χ1) is 29.4. The lowest BCUT2D eigenvalue weighted by Gasteiger charge is -2.42. The molecule has 0 N–H and O–H groups in total. The van der Waals surface area contributed by atoms with Crippen molar-refractivity contribution in [2.75, 3.05) is 71.3 Å². The molecule has 2 unspecified atom stereocenters. The molecule has 0 aliphatic carbocycles. The monoisotopic (exact) mass is 938 g/mol. The Morgan fingerprint density at radius 1 is 0.661 bits per heavy atom. The highest BCUT2D eigenvalue weighted by molar-refractivity contribution is 8.76. The van der Waals surface area contributed by atoms with Crippen molar-refractivity contribution in [1.29, 1.82) is 0 Å². The van der Waals surface area contributed by atoms with Crippen LogP contribution in [0.25, 0.3) is 0 Å². The van der Waals surface area contributed by atoms with Crippen LogP contribution >= 0.6 is 21.6 Å². The van der Waals surface area contributed by atoms with Gasteiger partial charge in [0.05, 0.1) is 12.2 Å². The van der Waals surface area contributed by atoms with Crippen LogP contribution in [-0.4, -0.2) is 121 Å². The topological polar surface area (TPSA) is 54.5 Å². The van der Waals surface area contributed by atoms with Crippen LogP contribution < -0.4 is 0 Å². The molecule has 62 heavy (non-hydrogen) atoms. The molecule has 2 rings (SSSR count). The van der Waals surface area contributed by atoms with Crippen LogP contribution in [0, 0.1) is 0 Å². The van der Waals surface area contributed by atoms with E-state index in [4.69, 9.17) is 13.6 Å². The van der Waals surface area contributed by atoms with Crippen molar-refractivity contribution in [3.8, 4) is 0 Å². The molecule has 1 fully saturated rings. The van der Waals surface area contributed by atoms with Gasteiger partial charge in [-0.2, -0.15) is 0 Å². The summed E-state index contributed by atoms with van der Waals surface area (Å²) in [5, 5.41) is 0.309. The van der Waals surface area contributed by atoms with Crippen molar-refractivity contribution in [3.63, 3.8) is 0 Å². The molecule has 1 aliphatic rings. The Bertz CT molecular complexity index is 1220. The number of carbonyl (C=O) groups excluding carboxylic acids is 1. The van der Waals surface area contributed by atoms with E-state index in [2.05, 4.69) is 127 Å². The summed E-state index contributed by atoms with van der Waals surface area (Å²) in [6.07, 6.45) is 20.6. The maximum atomic E-state index is 13.2. The van der Waals surface area contributed by atoms with E-state index in [1.807, 2.05) is 21.6 Å². The molecular weight excluding hydrogens is 839 g/mol. The third kappa shape index (κ3) is 25.5. The summed E-state index contributed by atoms with van der Waals surface area (Å²) in [5.74, 6) is 1.11. The van der Waals surface area contributed by atoms with Gasteiger partial charge < -0.3 is 18.5 Å². The Kier molecular flexibility index (Phi) is 29.4. The zero-order valence-electron chi connectivity index (χ0n) is 42.6. The predicted molar refractivity (Wildman–Crippen MR) is 279 cm³/mol. The minimum atomic E-state index is -1.99. The Hall–Kier alpha value is -0.376. The van der Waals surface area contributed by atoms with E-state index in [0.29, 0.717) is 13.0 Å². The van der Waals surface area contributed by atoms with E-state index in [1.54, 1.807) is 0 Å². The number of ether oxygens (including phenoxy) is 1. The van der Waals surface area contributed by atoms with Gasteiger partial charge in [-0.1, -0.05) is 172 Å². The minimum absolute atomic E-state index is 0.0586. The van der Waals surface area contributed by atoms with Gasteiger partial charge >= 0.3 is 5.97 Å². The van der Waals surface area contributed by atoms with Crippen molar-refractivity contribution in [1.82, 2.24) is 14.7 Å². The van der Waals surface area contributed by atoms with Crippen molar-refractivity contribution >= 4 is 44.2 Å². The Balaban J connectivity index is 2.01. The second-order valence-corrected chi connectivity index (χ2v) is 33.5. The first-order valence-corrected chi connectivity index (χ1v) is 33.5. The number of rotatable bonds is 35. The first-order valence-electron chi connectivity index (χ1n) is 25.4. The van der Waals surface area contributed by atoms with Crippen molar-refractivity contribution < 1.29 is 18.4 Å². The largest absolute Gasteiger partial charge is 0.464 e. The summed E-state index contributed by atoms with van der Waals surface area (Å²) < 4.78 is 20.5. The molecule has 0 amide bonds. The number of nitrogens with zero attached hydrogens (tertiary/aromatic N) is 3. The lowest BCUT2D eigenvalue weighted by Crippen LogP contribution is -2.50. The SMILES string of the molecule is CCCCCCCCC(CN(CCCC(=O)OCCN1CCN(CCCSSc2ccccc2)CC1)CC(CCCCCCCC)O[Si](C)(C)C(C)(C)C)O[Si](C)(C)C(C)(C)C. The molecule has 1 aromatic rings. The van der Waals surface area contributed by atoms with Gasteiger partial charge in [0, 0.05) is 62.9 Å². The zero-order chi connectivity index (χ0) is 45.9. The molecule has 2 atom stereocenters. The van der Waals surface area contributed by atoms with E-state index >= 15 is 0 Å². The summed E-state index contributed by atoms with van der Waals surface area (Å²) in [4.78, 5) is 22.2. The molecule has 1 saturated heterocycles. The maximum Gasteiger partial charge on any atom is 0.305 e. The van der Waals surface area contributed by atoms with Crippen LogP contribution in [0.1, 0.15) is 165 Å². The fraction of sp³-hybridized carbons (Fsp3) is 0.863. The van der Waals surface area contributed by atoms with E-state index < -0.39 is 16.6 Å². The van der Waals surface area contributed by atoms with Gasteiger partial charge in [0.2, 0.25) is 0 Å². The van der Waals surface area contributed by atoms with Crippen LogP contribution in [0.4, 0.5) is 0 Å². The normalized spacial score (nSPS) is 16.0. The second kappa shape index (κ2) is 31.6. The molecule has 0 bridgehead atoms. The molecule has 1 aliphatic heterocycles. The van der Waals surface area contributed by atoms with Crippen LogP contribution in [0.5, 0.6) is 0 Å². The molecule has 0 spiro atoms. The maximum absolute atomic E-state index is 13.2. The smallest absolute Gasteiger partial charge is 0.305 e. The number of unbranched alkanes of at least 4 members (excludes halogenated alkanes) is 10. The predicted octanol–water partition coefficient (Wildman–Crippen LogP) is 14.3. The molecular formula is C51H99N3O4S2Si2. The molecule has 1 aromatic carbocycles. The third-order valence-corrected chi connectivity index (χ3v) is 25.3. The first kappa shape index (κ1) is 57.8. The fourth-order valence-electron chi connectivity index (χ4n) is 7.68. The number of piperazine rings is 1. The lowest BCUT2D eigenvalue weighted by molar-refractivity contribution is -0.144. The lowest BCUT2D eigenvalue weighted by atomic mass is 10.1. The van der Waals surface area contributed by atoms with Gasteiger partial charge in [0.25, 0.3) is 0 Å². The average Bonchev–Trinajstić information content (AvgIpc) is 3.20. The number of hydrogen-bond donors (Lipinski definition) is 0. The number of benzene rings is 1. The summed E-state index contributed by atoms with van der Waals surface area (Å²) in [6.45, 7) is 37.9. The van der Waals surface area contributed by atoms with Crippen molar-refractivity contribution in [3.05, 3.63) is 30.3 Å². The van der Waals surface area contributed by atoms with Crippen LogP contribution in [0.15, 0.2) is 35.2 Å². The average molecular weight is 939 g/mol. The van der Waals surface area contributed by atoms with Gasteiger partial charge in [-0.3, -0.25) is 14.6 Å². The molecule has 0 saturated carbocycles. The van der Waals surface area contributed by atoms with Gasteiger partial charge in [-0.15, -0.1) is 0 Å². The summed E-state index contributed by atoms with van der Waals surface area (Å²) in [5.41, 5.74) is 0. The second-order valence-electron chi connectivity index (χ2n) is 21.5. The Morgan fingerprint density at radius 2 is 1.13 bits per heavy atom. The fourth-order valence-corrected chi connectivity index (χ4v) is 12.5. The number of esters is 1. The standard InChI is InChI=1S/C51H99N3O4S2Si2/c1-13-15-17-19-21-24-30-46(57-61(9,10)50(3,4)5)44-54(45-47(31-25-22-20-18-16-14-2)58-62(11,12)51(6,7)8)35-28-34-49(55)56-42-41-53-39-37-52(38-40-53)36-29-43-59-60-48-32-26-23-27-33-48/h23,26-27,32-33,46-47H,13-22,24-25,28-31,34-45H2,1-12H3. The van der Waals surface area contributed by atoms with Gasteiger partial charge in [-0.25, -0.2) is 0 Å². The quantitative estimate of drug-likeness (QED) is 0.0287. The Labute approximate surface area is 394 Å². The third-order valence-electron chi connectivity index (χ3n) is 13.8. The van der Waals surface area contributed by atoms with Gasteiger partial charge in [0.1, 0.15) is 6.61 Å². The summed E-state index contributed by atoms with van der Waals surface area (Å²) in [6, 6.07) is 10.7. The molecule has 0 aromatic heterocycles. The van der Waals surface area contributed by atoms with E-state index in [0.717, 1.165) is 78.2 Å². The molecule has 1 heterocycles. The molecule has 0 radical (unpaired) electrons. The Morgan fingerprint density at radius 3 is 1.61 bits per heavy atom. The number of carbonyl (C=O) groups is 1. The number of hydrogen-bond acceptors (Lipinski definition) is 9. The zero-order valence-corrected chi connectivity index (χ0v) is 46.3.